The van der Waals surface area contributed by atoms with Crippen LogP contribution in [0, 0.1) is 10.1 Å². The SMILES string of the molecule is CCC(CSc1ccc(C(F)(F)F)cc1)[N+](=O)[O-]. The molecule has 1 aromatic rings. The van der Waals surface area contributed by atoms with Gasteiger partial charge in [-0.05, 0) is 24.3 Å². The fraction of sp³-hybridized carbons (Fsp3) is 0.455. The van der Waals surface area contributed by atoms with Gasteiger partial charge in [-0.2, -0.15) is 13.2 Å². The van der Waals surface area contributed by atoms with Crippen molar-refractivity contribution in [1.82, 2.24) is 0 Å². The second-order valence-corrected chi connectivity index (χ2v) is 4.77. The van der Waals surface area contributed by atoms with Gasteiger partial charge >= 0.3 is 6.18 Å². The Morgan fingerprint density at radius 2 is 1.89 bits per heavy atom. The van der Waals surface area contributed by atoms with Crippen molar-refractivity contribution in [3.05, 3.63) is 39.9 Å². The molecule has 0 amide bonds. The average molecular weight is 279 g/mol. The number of hydrogen-bond acceptors (Lipinski definition) is 3. The highest BCUT2D eigenvalue weighted by molar-refractivity contribution is 7.99. The number of nitrogens with zero attached hydrogens (tertiary/aromatic N) is 1. The monoisotopic (exact) mass is 279 g/mol. The molecule has 7 heteroatoms. The molecule has 0 heterocycles. The molecule has 0 saturated heterocycles. The first-order valence-electron chi connectivity index (χ1n) is 5.28. The average Bonchev–Trinajstić information content (AvgIpc) is 2.29. The molecule has 1 rings (SSSR count). The first-order valence-corrected chi connectivity index (χ1v) is 6.26. The van der Waals surface area contributed by atoms with Crippen molar-refractivity contribution in [3.8, 4) is 0 Å². The largest absolute Gasteiger partial charge is 0.416 e. The lowest BCUT2D eigenvalue weighted by Gasteiger charge is -2.08. The third-order valence-electron chi connectivity index (χ3n) is 2.39. The second kappa shape index (κ2) is 6.08. The van der Waals surface area contributed by atoms with Crippen LogP contribution in [0.2, 0.25) is 0 Å². The third-order valence-corrected chi connectivity index (χ3v) is 3.55. The topological polar surface area (TPSA) is 43.1 Å². The van der Waals surface area contributed by atoms with Crippen molar-refractivity contribution < 1.29 is 18.1 Å². The highest BCUT2D eigenvalue weighted by Gasteiger charge is 2.30. The molecule has 0 bridgehead atoms. The van der Waals surface area contributed by atoms with Crippen LogP contribution < -0.4 is 0 Å². The lowest BCUT2D eigenvalue weighted by molar-refractivity contribution is -0.516. The molecule has 100 valence electrons. The summed E-state index contributed by atoms with van der Waals surface area (Å²) in [5.74, 6) is 0.259. The zero-order chi connectivity index (χ0) is 13.8. The quantitative estimate of drug-likeness (QED) is 0.467. The molecule has 0 spiro atoms. The summed E-state index contributed by atoms with van der Waals surface area (Å²) < 4.78 is 36.9. The van der Waals surface area contributed by atoms with Crippen molar-refractivity contribution in [2.75, 3.05) is 5.75 Å². The minimum Gasteiger partial charge on any atom is -0.264 e. The zero-order valence-corrected chi connectivity index (χ0v) is 10.4. The second-order valence-electron chi connectivity index (χ2n) is 3.68. The van der Waals surface area contributed by atoms with Crippen molar-refractivity contribution in [3.63, 3.8) is 0 Å². The van der Waals surface area contributed by atoms with Crippen molar-refractivity contribution in [1.29, 1.82) is 0 Å². The summed E-state index contributed by atoms with van der Waals surface area (Å²) in [7, 11) is 0. The zero-order valence-electron chi connectivity index (χ0n) is 9.61. The minimum absolute atomic E-state index is 0.259. The lowest BCUT2D eigenvalue weighted by Crippen LogP contribution is -2.20. The van der Waals surface area contributed by atoms with Gasteiger partial charge in [-0.1, -0.05) is 6.92 Å². The first-order chi connectivity index (χ1) is 8.34. The number of halogens is 3. The van der Waals surface area contributed by atoms with E-state index in [4.69, 9.17) is 0 Å². The summed E-state index contributed by atoms with van der Waals surface area (Å²) in [5.41, 5.74) is -0.715. The van der Waals surface area contributed by atoms with Crippen LogP contribution in [-0.4, -0.2) is 16.7 Å². The lowest BCUT2D eigenvalue weighted by atomic mass is 10.2. The van der Waals surface area contributed by atoms with Crippen LogP contribution in [0.15, 0.2) is 29.2 Å². The third kappa shape index (κ3) is 4.21. The highest BCUT2D eigenvalue weighted by atomic mass is 32.2. The summed E-state index contributed by atoms with van der Waals surface area (Å²) in [6.07, 6.45) is -3.95. The van der Waals surface area contributed by atoms with E-state index in [-0.39, 0.29) is 10.7 Å². The van der Waals surface area contributed by atoms with E-state index in [0.717, 1.165) is 12.1 Å². The normalized spacial score (nSPS) is 13.3. The predicted octanol–water partition coefficient (Wildman–Crippen LogP) is 3.85. The molecule has 0 aliphatic heterocycles. The fourth-order valence-corrected chi connectivity index (χ4v) is 2.33. The molecule has 0 aromatic heterocycles. The molecular weight excluding hydrogens is 267 g/mol. The molecule has 1 unspecified atom stereocenters. The summed E-state index contributed by atoms with van der Waals surface area (Å²) in [6.45, 7) is 1.71. The van der Waals surface area contributed by atoms with Crippen LogP contribution in [0.3, 0.4) is 0 Å². The number of hydrogen-bond donors (Lipinski definition) is 0. The van der Waals surface area contributed by atoms with Crippen molar-refractivity contribution in [2.24, 2.45) is 0 Å². The Hall–Kier alpha value is -1.24. The number of alkyl halides is 3. The Morgan fingerprint density at radius 1 is 1.33 bits per heavy atom. The maximum atomic E-state index is 12.3. The maximum absolute atomic E-state index is 12.3. The molecule has 0 fully saturated rings. The van der Waals surface area contributed by atoms with Gasteiger partial charge in [0.05, 0.1) is 11.3 Å². The highest BCUT2D eigenvalue weighted by Crippen LogP contribution is 2.31. The molecule has 0 aliphatic carbocycles. The first kappa shape index (κ1) is 14.8. The van der Waals surface area contributed by atoms with Crippen LogP contribution in [0.1, 0.15) is 18.9 Å². The number of rotatable bonds is 5. The van der Waals surface area contributed by atoms with Crippen LogP contribution in [0.4, 0.5) is 13.2 Å². The van der Waals surface area contributed by atoms with Gasteiger partial charge in [0, 0.05) is 16.2 Å². The van der Waals surface area contributed by atoms with E-state index < -0.39 is 17.8 Å². The molecule has 1 aromatic carbocycles. The van der Waals surface area contributed by atoms with Crippen LogP contribution in [0.5, 0.6) is 0 Å². The van der Waals surface area contributed by atoms with E-state index in [9.17, 15) is 23.3 Å². The Labute approximate surface area is 107 Å². The Bertz CT molecular complexity index is 406. The van der Waals surface area contributed by atoms with E-state index in [1.165, 1.54) is 23.9 Å². The summed E-state index contributed by atoms with van der Waals surface area (Å²) >= 11 is 1.19. The van der Waals surface area contributed by atoms with Crippen LogP contribution in [0.25, 0.3) is 0 Å². The predicted molar refractivity (Wildman–Crippen MR) is 63.2 cm³/mol. The molecule has 0 N–H and O–H groups in total. The summed E-state index contributed by atoms with van der Waals surface area (Å²) in [6, 6.07) is 3.96. The molecule has 18 heavy (non-hydrogen) atoms. The van der Waals surface area contributed by atoms with Gasteiger partial charge < -0.3 is 0 Å². The summed E-state index contributed by atoms with van der Waals surface area (Å²) in [4.78, 5) is 10.8. The fourth-order valence-electron chi connectivity index (χ4n) is 1.26. The molecule has 1 atom stereocenters. The van der Waals surface area contributed by atoms with Gasteiger partial charge in [0.1, 0.15) is 0 Å². The van der Waals surface area contributed by atoms with E-state index in [1.54, 1.807) is 6.92 Å². The Kier molecular flexibility index (Phi) is 5.01. The smallest absolute Gasteiger partial charge is 0.264 e. The van der Waals surface area contributed by atoms with E-state index in [1.807, 2.05) is 0 Å². The molecular formula is C11H12F3NO2S. The molecule has 0 saturated carbocycles. The molecule has 0 aliphatic rings. The van der Waals surface area contributed by atoms with Crippen molar-refractivity contribution >= 4 is 11.8 Å². The number of thioether (sulfide) groups is 1. The van der Waals surface area contributed by atoms with Gasteiger partial charge in [0.15, 0.2) is 0 Å². The minimum atomic E-state index is -4.35. The molecule has 3 nitrogen and oxygen atoms in total. The Balaban J connectivity index is 2.62. The molecule has 0 radical (unpaired) electrons. The number of benzene rings is 1. The van der Waals surface area contributed by atoms with E-state index in [0.29, 0.717) is 11.3 Å². The van der Waals surface area contributed by atoms with Gasteiger partial charge in [-0.3, -0.25) is 10.1 Å². The maximum Gasteiger partial charge on any atom is 0.416 e. The van der Waals surface area contributed by atoms with Gasteiger partial charge in [0.25, 0.3) is 0 Å². The van der Waals surface area contributed by atoms with E-state index in [2.05, 4.69) is 0 Å². The summed E-state index contributed by atoms with van der Waals surface area (Å²) in [5, 5.41) is 10.6. The van der Waals surface area contributed by atoms with Crippen LogP contribution >= 0.6 is 11.8 Å². The van der Waals surface area contributed by atoms with Gasteiger partial charge in [-0.25, -0.2) is 0 Å². The van der Waals surface area contributed by atoms with Gasteiger partial charge in [0.2, 0.25) is 6.04 Å². The van der Waals surface area contributed by atoms with Crippen molar-refractivity contribution in [2.45, 2.75) is 30.5 Å². The number of nitro groups is 1. The van der Waals surface area contributed by atoms with E-state index >= 15 is 0 Å². The van der Waals surface area contributed by atoms with Crippen LogP contribution in [-0.2, 0) is 6.18 Å². The van der Waals surface area contributed by atoms with Gasteiger partial charge in [-0.15, -0.1) is 11.8 Å². The standard InChI is InChI=1S/C11H12F3NO2S/c1-2-9(15(16)17)7-18-10-5-3-8(4-6-10)11(12,13)14/h3-6,9H,2,7H2,1H3. The Morgan fingerprint density at radius 3 is 2.28 bits per heavy atom.